The van der Waals surface area contributed by atoms with E-state index < -0.39 is 23.9 Å². The molecule has 0 aliphatic heterocycles. The summed E-state index contributed by atoms with van der Waals surface area (Å²) < 4.78 is 21.4. The highest BCUT2D eigenvalue weighted by Crippen LogP contribution is 2.31. The maximum atomic E-state index is 12.7. The summed E-state index contributed by atoms with van der Waals surface area (Å²) in [6.07, 6.45) is 5.26. The Balaban J connectivity index is 3.04. The summed E-state index contributed by atoms with van der Waals surface area (Å²) in [7, 11) is 1.30. The van der Waals surface area contributed by atoms with Gasteiger partial charge in [0, 0.05) is 13.0 Å². The predicted molar refractivity (Wildman–Crippen MR) is 144 cm³/mol. The SMILES string of the molecule is CCCCC(=O)OCCN[C@@H](Cc1ccc(OC(=O)C(C)CCC)c(OC(=O)C(C)CCC)c1)C(=O)OC. The van der Waals surface area contributed by atoms with E-state index in [1.165, 1.54) is 7.11 Å². The topological polar surface area (TPSA) is 117 Å². The highest BCUT2D eigenvalue weighted by Gasteiger charge is 2.23. The van der Waals surface area contributed by atoms with Crippen LogP contribution in [0.25, 0.3) is 0 Å². The third kappa shape index (κ3) is 12.1. The van der Waals surface area contributed by atoms with Gasteiger partial charge in [0.05, 0.1) is 18.9 Å². The second-order valence-electron chi connectivity index (χ2n) is 9.56. The van der Waals surface area contributed by atoms with Crippen molar-refractivity contribution in [2.75, 3.05) is 20.3 Å². The third-order valence-corrected chi connectivity index (χ3v) is 6.09. The summed E-state index contributed by atoms with van der Waals surface area (Å²) in [6.45, 7) is 9.94. The summed E-state index contributed by atoms with van der Waals surface area (Å²) in [6, 6.07) is 4.16. The van der Waals surface area contributed by atoms with Crippen LogP contribution in [-0.4, -0.2) is 50.2 Å². The van der Waals surface area contributed by atoms with Crippen LogP contribution >= 0.6 is 0 Å². The van der Waals surface area contributed by atoms with Crippen LogP contribution in [0.2, 0.25) is 0 Å². The Labute approximate surface area is 226 Å². The highest BCUT2D eigenvalue weighted by atomic mass is 16.6. The minimum absolute atomic E-state index is 0.124. The number of esters is 4. The van der Waals surface area contributed by atoms with Gasteiger partial charge in [0.1, 0.15) is 12.6 Å². The number of rotatable bonds is 18. The van der Waals surface area contributed by atoms with Crippen LogP contribution in [-0.2, 0) is 35.1 Å². The zero-order valence-corrected chi connectivity index (χ0v) is 23.8. The number of carbonyl (C=O) groups excluding carboxylic acids is 4. The molecule has 0 radical (unpaired) electrons. The minimum Gasteiger partial charge on any atom is -0.468 e. The Morgan fingerprint density at radius 3 is 2.00 bits per heavy atom. The second kappa shape index (κ2) is 18.3. The lowest BCUT2D eigenvalue weighted by Gasteiger charge is -2.19. The molecule has 214 valence electrons. The zero-order chi connectivity index (χ0) is 28.5. The van der Waals surface area contributed by atoms with Crippen LogP contribution in [0.5, 0.6) is 11.5 Å². The Kier molecular flexibility index (Phi) is 16.0. The van der Waals surface area contributed by atoms with E-state index in [0.29, 0.717) is 24.8 Å². The average molecular weight is 536 g/mol. The second-order valence-corrected chi connectivity index (χ2v) is 9.56. The van der Waals surface area contributed by atoms with Crippen molar-refractivity contribution in [3.8, 4) is 11.5 Å². The quantitative estimate of drug-likeness (QED) is 0.161. The van der Waals surface area contributed by atoms with E-state index in [-0.39, 0.29) is 48.9 Å². The number of ether oxygens (including phenoxy) is 4. The van der Waals surface area contributed by atoms with Crippen molar-refractivity contribution in [3.05, 3.63) is 23.8 Å². The van der Waals surface area contributed by atoms with E-state index in [0.717, 1.165) is 25.7 Å². The highest BCUT2D eigenvalue weighted by molar-refractivity contribution is 5.79. The van der Waals surface area contributed by atoms with Gasteiger partial charge in [-0.2, -0.15) is 0 Å². The molecule has 0 amide bonds. The molecule has 1 aromatic rings. The maximum absolute atomic E-state index is 12.7. The third-order valence-electron chi connectivity index (χ3n) is 6.09. The minimum atomic E-state index is -0.727. The van der Waals surface area contributed by atoms with Crippen LogP contribution in [0.4, 0.5) is 0 Å². The van der Waals surface area contributed by atoms with Gasteiger partial charge in [-0.25, -0.2) is 0 Å². The molecule has 38 heavy (non-hydrogen) atoms. The molecule has 0 aliphatic rings. The molecule has 9 heteroatoms. The van der Waals surface area contributed by atoms with Crippen molar-refractivity contribution in [3.63, 3.8) is 0 Å². The average Bonchev–Trinajstić information content (AvgIpc) is 2.90. The van der Waals surface area contributed by atoms with Gasteiger partial charge in [0.25, 0.3) is 0 Å². The molecule has 1 rings (SSSR count). The van der Waals surface area contributed by atoms with Crippen molar-refractivity contribution in [2.24, 2.45) is 11.8 Å². The van der Waals surface area contributed by atoms with Crippen LogP contribution in [0, 0.1) is 11.8 Å². The maximum Gasteiger partial charge on any atom is 0.323 e. The monoisotopic (exact) mass is 535 g/mol. The van der Waals surface area contributed by atoms with Gasteiger partial charge >= 0.3 is 23.9 Å². The fourth-order valence-electron chi connectivity index (χ4n) is 3.77. The first-order valence-corrected chi connectivity index (χ1v) is 13.7. The molecular formula is C29H45NO8. The molecule has 0 aromatic heterocycles. The summed E-state index contributed by atoms with van der Waals surface area (Å²) in [5.41, 5.74) is 0.667. The van der Waals surface area contributed by atoms with Gasteiger partial charge in [0.15, 0.2) is 11.5 Å². The number of nitrogens with one attached hydrogen (secondary N) is 1. The summed E-state index contributed by atoms with van der Waals surface area (Å²) in [5.74, 6) is -1.92. The molecule has 0 fully saturated rings. The first kappa shape index (κ1) is 33.1. The van der Waals surface area contributed by atoms with Gasteiger partial charge in [-0.3, -0.25) is 19.2 Å². The summed E-state index contributed by atoms with van der Waals surface area (Å²) in [5, 5.41) is 3.06. The van der Waals surface area contributed by atoms with Crippen molar-refractivity contribution in [1.82, 2.24) is 5.32 Å². The number of carbonyl (C=O) groups is 4. The van der Waals surface area contributed by atoms with Crippen molar-refractivity contribution in [1.29, 1.82) is 0 Å². The van der Waals surface area contributed by atoms with Crippen molar-refractivity contribution >= 4 is 23.9 Å². The van der Waals surface area contributed by atoms with Crippen molar-refractivity contribution in [2.45, 2.75) is 92.0 Å². The fraction of sp³-hybridized carbons (Fsp3) is 0.655. The molecule has 0 bridgehead atoms. The number of benzene rings is 1. The van der Waals surface area contributed by atoms with Gasteiger partial charge in [-0.15, -0.1) is 0 Å². The first-order valence-electron chi connectivity index (χ1n) is 13.7. The lowest BCUT2D eigenvalue weighted by atomic mass is 10.0. The van der Waals surface area contributed by atoms with Crippen LogP contribution in [0.3, 0.4) is 0 Å². The fourth-order valence-corrected chi connectivity index (χ4v) is 3.77. The molecule has 9 nitrogen and oxygen atoms in total. The van der Waals surface area contributed by atoms with Gasteiger partial charge < -0.3 is 24.3 Å². The Bertz CT molecular complexity index is 901. The summed E-state index contributed by atoms with van der Waals surface area (Å²) >= 11 is 0. The number of hydrogen-bond acceptors (Lipinski definition) is 9. The molecule has 0 spiro atoms. The lowest BCUT2D eigenvalue weighted by Crippen LogP contribution is -2.41. The molecule has 3 atom stereocenters. The van der Waals surface area contributed by atoms with Crippen LogP contribution in [0.15, 0.2) is 18.2 Å². The normalized spacial score (nSPS) is 13.2. The van der Waals surface area contributed by atoms with E-state index >= 15 is 0 Å². The lowest BCUT2D eigenvalue weighted by molar-refractivity contribution is -0.144. The van der Waals surface area contributed by atoms with E-state index in [9.17, 15) is 19.2 Å². The van der Waals surface area contributed by atoms with Gasteiger partial charge in [-0.05, 0) is 43.4 Å². The van der Waals surface area contributed by atoms with Crippen LogP contribution < -0.4 is 14.8 Å². The number of hydrogen-bond donors (Lipinski definition) is 1. The smallest absolute Gasteiger partial charge is 0.323 e. The van der Waals surface area contributed by atoms with E-state index in [2.05, 4.69) is 5.32 Å². The van der Waals surface area contributed by atoms with Crippen LogP contribution in [0.1, 0.15) is 85.1 Å². The van der Waals surface area contributed by atoms with E-state index in [4.69, 9.17) is 18.9 Å². The Morgan fingerprint density at radius 1 is 0.842 bits per heavy atom. The number of methoxy groups -OCH3 is 1. The standard InChI is InChI=1S/C29H45NO8/c1-7-10-13-26(31)36-17-16-30-23(29(34)35-6)18-22-14-15-24(37-27(32)20(4)11-8-2)25(19-22)38-28(33)21(5)12-9-3/h14-15,19-21,23,30H,7-13,16-18H2,1-6H3/t20?,21?,23-/m0/s1. The largest absolute Gasteiger partial charge is 0.468 e. The van der Waals surface area contributed by atoms with Crippen molar-refractivity contribution < 1.29 is 38.1 Å². The summed E-state index contributed by atoms with van der Waals surface area (Å²) in [4.78, 5) is 49.3. The molecule has 1 aromatic carbocycles. The molecule has 0 heterocycles. The number of unbranched alkanes of at least 4 members (excludes halogenated alkanes) is 1. The zero-order valence-electron chi connectivity index (χ0n) is 23.8. The van der Waals surface area contributed by atoms with Gasteiger partial charge in [-0.1, -0.05) is 59.9 Å². The first-order chi connectivity index (χ1) is 18.2. The molecule has 0 saturated carbocycles. The molecule has 1 N–H and O–H groups in total. The molecule has 2 unspecified atom stereocenters. The van der Waals surface area contributed by atoms with E-state index in [1.54, 1.807) is 32.0 Å². The molecule has 0 aliphatic carbocycles. The predicted octanol–water partition coefficient (Wildman–Crippen LogP) is 4.78. The van der Waals surface area contributed by atoms with E-state index in [1.807, 2.05) is 20.8 Å². The Morgan fingerprint density at radius 2 is 1.45 bits per heavy atom. The molecule has 0 saturated heterocycles. The molecular weight excluding hydrogens is 490 g/mol. The Hall–Kier alpha value is -2.94. The van der Waals surface area contributed by atoms with Gasteiger partial charge in [0.2, 0.25) is 0 Å².